The maximum atomic E-state index is 10.7. The van der Waals surface area contributed by atoms with Crippen molar-refractivity contribution in [2.24, 2.45) is 17.6 Å². The number of hydrogen-bond donors (Lipinski definition) is 2. The zero-order valence-electron chi connectivity index (χ0n) is 8.79. The molecule has 14 heavy (non-hydrogen) atoms. The largest absolute Gasteiger partial charge is 0.381 e. The van der Waals surface area contributed by atoms with Gasteiger partial charge in [0.1, 0.15) is 0 Å². The lowest BCUT2D eigenvalue weighted by Crippen LogP contribution is -2.25. The Labute approximate surface area is 85.2 Å². The van der Waals surface area contributed by atoms with Crippen LogP contribution in [0.4, 0.5) is 0 Å². The fourth-order valence-electron chi connectivity index (χ4n) is 1.55. The molecule has 1 amide bonds. The van der Waals surface area contributed by atoms with Gasteiger partial charge in [-0.1, -0.05) is 6.92 Å². The molecule has 0 aromatic heterocycles. The molecule has 4 heteroatoms. The monoisotopic (exact) mass is 200 g/mol. The third-order valence-electron chi connectivity index (χ3n) is 2.69. The molecule has 0 aromatic rings. The van der Waals surface area contributed by atoms with Crippen molar-refractivity contribution in [1.82, 2.24) is 5.32 Å². The second-order valence-electron chi connectivity index (χ2n) is 4.03. The SMILES string of the molecule is CC(COCCC1CCNC1)C(N)=O. The number of nitrogens with two attached hydrogens (primary N) is 1. The summed E-state index contributed by atoms with van der Waals surface area (Å²) in [5.74, 6) is 0.295. The molecule has 0 bridgehead atoms. The van der Waals surface area contributed by atoms with Crippen LogP contribution >= 0.6 is 0 Å². The molecule has 1 rings (SSSR count). The van der Waals surface area contributed by atoms with E-state index in [0.717, 1.165) is 32.0 Å². The fourth-order valence-corrected chi connectivity index (χ4v) is 1.55. The minimum absolute atomic E-state index is 0.170. The Morgan fingerprint density at radius 2 is 2.50 bits per heavy atom. The van der Waals surface area contributed by atoms with E-state index in [2.05, 4.69) is 5.32 Å². The third-order valence-corrected chi connectivity index (χ3v) is 2.69. The molecule has 0 saturated carbocycles. The van der Waals surface area contributed by atoms with Gasteiger partial charge in [-0.15, -0.1) is 0 Å². The third kappa shape index (κ3) is 4.07. The van der Waals surface area contributed by atoms with Crippen LogP contribution in [0.25, 0.3) is 0 Å². The van der Waals surface area contributed by atoms with E-state index in [-0.39, 0.29) is 11.8 Å². The molecular weight excluding hydrogens is 180 g/mol. The van der Waals surface area contributed by atoms with Crippen LogP contribution in [0.1, 0.15) is 19.8 Å². The summed E-state index contributed by atoms with van der Waals surface area (Å²) >= 11 is 0. The number of rotatable bonds is 6. The Morgan fingerprint density at radius 1 is 1.71 bits per heavy atom. The summed E-state index contributed by atoms with van der Waals surface area (Å²) in [6, 6.07) is 0. The van der Waals surface area contributed by atoms with Crippen molar-refractivity contribution in [2.75, 3.05) is 26.3 Å². The van der Waals surface area contributed by atoms with E-state index >= 15 is 0 Å². The van der Waals surface area contributed by atoms with E-state index in [0.29, 0.717) is 6.61 Å². The Balaban J connectivity index is 1.95. The lowest BCUT2D eigenvalue weighted by molar-refractivity contribution is -0.123. The molecule has 3 N–H and O–H groups in total. The molecule has 2 atom stereocenters. The number of ether oxygens (including phenoxy) is 1. The van der Waals surface area contributed by atoms with Gasteiger partial charge in [0.2, 0.25) is 5.91 Å². The van der Waals surface area contributed by atoms with Gasteiger partial charge in [-0.3, -0.25) is 4.79 Å². The fraction of sp³-hybridized carbons (Fsp3) is 0.900. The smallest absolute Gasteiger partial charge is 0.222 e. The highest BCUT2D eigenvalue weighted by atomic mass is 16.5. The van der Waals surface area contributed by atoms with Gasteiger partial charge in [-0.25, -0.2) is 0 Å². The molecule has 0 aromatic carbocycles. The first-order chi connectivity index (χ1) is 6.70. The second kappa shape index (κ2) is 5.98. The predicted molar refractivity (Wildman–Crippen MR) is 54.8 cm³/mol. The van der Waals surface area contributed by atoms with Crippen LogP contribution in [0.3, 0.4) is 0 Å². The van der Waals surface area contributed by atoms with Crippen LogP contribution in [0, 0.1) is 11.8 Å². The maximum absolute atomic E-state index is 10.7. The number of carbonyl (C=O) groups is 1. The highest BCUT2D eigenvalue weighted by molar-refractivity contribution is 5.76. The number of carbonyl (C=O) groups excluding carboxylic acids is 1. The molecule has 1 fully saturated rings. The van der Waals surface area contributed by atoms with Crippen LogP contribution in [-0.4, -0.2) is 32.2 Å². The lowest BCUT2D eigenvalue weighted by atomic mass is 10.1. The minimum Gasteiger partial charge on any atom is -0.381 e. The van der Waals surface area contributed by atoms with Crippen LogP contribution in [-0.2, 0) is 9.53 Å². The van der Waals surface area contributed by atoms with E-state index < -0.39 is 0 Å². The molecule has 1 saturated heterocycles. The first kappa shape index (κ1) is 11.5. The average Bonchev–Trinajstić information content (AvgIpc) is 2.64. The van der Waals surface area contributed by atoms with Crippen LogP contribution in [0.15, 0.2) is 0 Å². The zero-order valence-corrected chi connectivity index (χ0v) is 8.79. The summed E-state index contributed by atoms with van der Waals surface area (Å²) < 4.78 is 5.39. The van der Waals surface area contributed by atoms with Gasteiger partial charge < -0.3 is 15.8 Å². The van der Waals surface area contributed by atoms with E-state index in [1.807, 2.05) is 0 Å². The van der Waals surface area contributed by atoms with Crippen molar-refractivity contribution in [1.29, 1.82) is 0 Å². The van der Waals surface area contributed by atoms with Crippen molar-refractivity contribution >= 4 is 5.91 Å². The topological polar surface area (TPSA) is 64.3 Å². The molecule has 2 unspecified atom stereocenters. The normalized spacial score (nSPS) is 23.6. The van der Waals surface area contributed by atoms with Gasteiger partial charge >= 0.3 is 0 Å². The molecule has 0 aliphatic carbocycles. The van der Waals surface area contributed by atoms with Gasteiger partial charge in [0.15, 0.2) is 0 Å². The molecule has 4 nitrogen and oxygen atoms in total. The Morgan fingerprint density at radius 3 is 3.07 bits per heavy atom. The first-order valence-electron chi connectivity index (χ1n) is 5.28. The number of hydrogen-bond acceptors (Lipinski definition) is 3. The van der Waals surface area contributed by atoms with Crippen molar-refractivity contribution in [2.45, 2.75) is 19.8 Å². The number of amides is 1. The van der Waals surface area contributed by atoms with E-state index in [9.17, 15) is 4.79 Å². The van der Waals surface area contributed by atoms with Gasteiger partial charge in [0.25, 0.3) is 0 Å². The molecule has 1 aliphatic rings. The summed E-state index contributed by atoms with van der Waals surface area (Å²) in [5.41, 5.74) is 5.11. The summed E-state index contributed by atoms with van der Waals surface area (Å²) in [4.78, 5) is 10.7. The van der Waals surface area contributed by atoms with Crippen molar-refractivity contribution in [3.8, 4) is 0 Å². The van der Waals surface area contributed by atoms with Gasteiger partial charge in [0.05, 0.1) is 12.5 Å². The second-order valence-corrected chi connectivity index (χ2v) is 4.03. The van der Waals surface area contributed by atoms with E-state index in [1.165, 1.54) is 6.42 Å². The highest BCUT2D eigenvalue weighted by Gasteiger charge is 2.14. The zero-order chi connectivity index (χ0) is 10.4. The number of primary amides is 1. The molecule has 82 valence electrons. The van der Waals surface area contributed by atoms with Gasteiger partial charge in [0, 0.05) is 6.61 Å². The Kier molecular flexibility index (Phi) is 4.90. The van der Waals surface area contributed by atoms with Crippen molar-refractivity contribution in [3.05, 3.63) is 0 Å². The maximum Gasteiger partial charge on any atom is 0.222 e. The quantitative estimate of drug-likeness (QED) is 0.599. The average molecular weight is 200 g/mol. The molecular formula is C10H20N2O2. The Bertz CT molecular complexity index is 179. The number of nitrogens with one attached hydrogen (secondary N) is 1. The highest BCUT2D eigenvalue weighted by Crippen LogP contribution is 2.11. The standard InChI is InChI=1S/C10H20N2O2/c1-8(10(11)13)7-14-5-3-9-2-4-12-6-9/h8-9,12H,2-7H2,1H3,(H2,11,13). The molecule has 0 radical (unpaired) electrons. The first-order valence-corrected chi connectivity index (χ1v) is 5.28. The minimum atomic E-state index is -0.285. The summed E-state index contributed by atoms with van der Waals surface area (Å²) in [5, 5.41) is 3.31. The van der Waals surface area contributed by atoms with Crippen LogP contribution < -0.4 is 11.1 Å². The van der Waals surface area contributed by atoms with Gasteiger partial charge in [-0.2, -0.15) is 0 Å². The Hall–Kier alpha value is -0.610. The van der Waals surface area contributed by atoms with E-state index in [4.69, 9.17) is 10.5 Å². The molecule has 1 heterocycles. The molecule has 1 aliphatic heterocycles. The van der Waals surface area contributed by atoms with Crippen LogP contribution in [0.2, 0.25) is 0 Å². The van der Waals surface area contributed by atoms with Gasteiger partial charge in [-0.05, 0) is 31.8 Å². The van der Waals surface area contributed by atoms with Crippen molar-refractivity contribution in [3.63, 3.8) is 0 Å². The summed E-state index contributed by atoms with van der Waals surface area (Å²) in [7, 11) is 0. The summed E-state index contributed by atoms with van der Waals surface area (Å²) in [6.45, 7) is 5.22. The van der Waals surface area contributed by atoms with E-state index in [1.54, 1.807) is 6.92 Å². The van der Waals surface area contributed by atoms with Crippen LogP contribution in [0.5, 0.6) is 0 Å². The van der Waals surface area contributed by atoms with Crippen molar-refractivity contribution < 1.29 is 9.53 Å². The summed E-state index contributed by atoms with van der Waals surface area (Å²) in [6.07, 6.45) is 2.33. The lowest BCUT2D eigenvalue weighted by Gasteiger charge is -2.10. The predicted octanol–water partition coefficient (Wildman–Crippen LogP) is 0.124. The molecule has 0 spiro atoms.